The highest BCUT2D eigenvalue weighted by molar-refractivity contribution is 4.86. The molecule has 0 radical (unpaired) electrons. The number of hydrogen-bond acceptors (Lipinski definition) is 2. The first-order valence-electron chi connectivity index (χ1n) is 6.51. The summed E-state index contributed by atoms with van der Waals surface area (Å²) in [7, 11) is 2.28. The van der Waals surface area contributed by atoms with Crippen LogP contribution in [0.15, 0.2) is 0 Å². The minimum absolute atomic E-state index is 0.638. The van der Waals surface area contributed by atoms with Gasteiger partial charge in [-0.1, -0.05) is 6.92 Å². The molecule has 0 aromatic heterocycles. The third-order valence-corrected chi connectivity index (χ3v) is 3.89. The van der Waals surface area contributed by atoms with Crippen molar-refractivity contribution in [3.8, 4) is 0 Å². The zero-order chi connectivity index (χ0) is 11.4. The maximum atomic E-state index is 3.49. The molecular weight excluding hydrogens is 184 g/mol. The molecule has 3 unspecified atom stereocenters. The van der Waals surface area contributed by atoms with Gasteiger partial charge in [0.05, 0.1) is 0 Å². The van der Waals surface area contributed by atoms with Crippen LogP contribution in [-0.4, -0.2) is 36.6 Å². The van der Waals surface area contributed by atoms with Crippen molar-refractivity contribution in [1.82, 2.24) is 10.2 Å². The predicted octanol–water partition coefficient (Wildman–Crippen LogP) is 2.49. The quantitative estimate of drug-likeness (QED) is 0.697. The fourth-order valence-corrected chi connectivity index (χ4v) is 2.42. The average Bonchev–Trinajstić information content (AvgIpc) is 2.99. The molecule has 2 nitrogen and oxygen atoms in total. The van der Waals surface area contributed by atoms with Crippen molar-refractivity contribution in [2.75, 3.05) is 13.6 Å². The predicted molar refractivity (Wildman–Crippen MR) is 67.2 cm³/mol. The lowest BCUT2D eigenvalue weighted by molar-refractivity contribution is 0.162. The van der Waals surface area contributed by atoms with Gasteiger partial charge in [-0.25, -0.2) is 0 Å². The van der Waals surface area contributed by atoms with E-state index < -0.39 is 0 Å². The Morgan fingerprint density at radius 1 is 1.27 bits per heavy atom. The minimum atomic E-state index is 0.638. The fourth-order valence-electron chi connectivity index (χ4n) is 2.42. The standard InChI is InChI=1S/C13H28N2/c1-6-14-10(2)9-11(3)15(5)12(4)13-7-8-13/h10-14H,6-9H2,1-5H3. The van der Waals surface area contributed by atoms with Crippen LogP contribution >= 0.6 is 0 Å². The van der Waals surface area contributed by atoms with Gasteiger partial charge in [0, 0.05) is 18.1 Å². The molecule has 0 heterocycles. The second-order valence-electron chi connectivity index (χ2n) is 5.29. The lowest BCUT2D eigenvalue weighted by Gasteiger charge is -2.32. The van der Waals surface area contributed by atoms with Gasteiger partial charge < -0.3 is 10.2 Å². The normalized spacial score (nSPS) is 22.8. The second-order valence-corrected chi connectivity index (χ2v) is 5.29. The molecule has 1 rings (SSSR count). The molecule has 90 valence electrons. The maximum absolute atomic E-state index is 3.49. The molecule has 0 aliphatic heterocycles. The second kappa shape index (κ2) is 5.86. The summed E-state index contributed by atoms with van der Waals surface area (Å²) in [5, 5.41) is 3.49. The van der Waals surface area contributed by atoms with E-state index in [-0.39, 0.29) is 0 Å². The average molecular weight is 212 g/mol. The van der Waals surface area contributed by atoms with Crippen molar-refractivity contribution in [1.29, 1.82) is 0 Å². The Balaban J connectivity index is 2.27. The van der Waals surface area contributed by atoms with E-state index in [9.17, 15) is 0 Å². The SMILES string of the molecule is CCNC(C)CC(C)N(C)C(C)C1CC1. The molecule has 0 amide bonds. The Hall–Kier alpha value is -0.0800. The molecule has 0 aromatic carbocycles. The molecule has 1 aliphatic carbocycles. The molecule has 0 bridgehead atoms. The van der Waals surface area contributed by atoms with Gasteiger partial charge in [0.25, 0.3) is 0 Å². The molecule has 1 N–H and O–H groups in total. The van der Waals surface area contributed by atoms with Crippen LogP contribution in [0.2, 0.25) is 0 Å². The highest BCUT2D eigenvalue weighted by Gasteiger charge is 2.32. The molecule has 1 aliphatic rings. The first-order valence-corrected chi connectivity index (χ1v) is 6.51. The lowest BCUT2D eigenvalue weighted by Crippen LogP contribution is -2.41. The van der Waals surface area contributed by atoms with Crippen LogP contribution < -0.4 is 5.32 Å². The summed E-state index contributed by atoms with van der Waals surface area (Å²) in [5.41, 5.74) is 0. The van der Waals surface area contributed by atoms with E-state index in [0.29, 0.717) is 12.1 Å². The summed E-state index contributed by atoms with van der Waals surface area (Å²) < 4.78 is 0. The summed E-state index contributed by atoms with van der Waals surface area (Å²) in [6.07, 6.45) is 4.14. The Morgan fingerprint density at radius 2 is 1.87 bits per heavy atom. The molecule has 0 saturated heterocycles. The van der Waals surface area contributed by atoms with Crippen molar-refractivity contribution >= 4 is 0 Å². The van der Waals surface area contributed by atoms with E-state index in [1.54, 1.807) is 0 Å². The van der Waals surface area contributed by atoms with Crippen LogP contribution in [0, 0.1) is 5.92 Å². The molecule has 2 heteroatoms. The fraction of sp³-hybridized carbons (Fsp3) is 1.00. The van der Waals surface area contributed by atoms with Crippen molar-refractivity contribution < 1.29 is 0 Å². The zero-order valence-electron chi connectivity index (χ0n) is 11.1. The summed E-state index contributed by atoms with van der Waals surface area (Å²) >= 11 is 0. The smallest absolute Gasteiger partial charge is 0.00949 e. The van der Waals surface area contributed by atoms with E-state index in [1.165, 1.54) is 19.3 Å². The van der Waals surface area contributed by atoms with Crippen LogP contribution in [-0.2, 0) is 0 Å². The van der Waals surface area contributed by atoms with Crippen LogP contribution in [0.5, 0.6) is 0 Å². The van der Waals surface area contributed by atoms with E-state index in [1.807, 2.05) is 0 Å². The van der Waals surface area contributed by atoms with Gasteiger partial charge in [-0.2, -0.15) is 0 Å². The zero-order valence-corrected chi connectivity index (χ0v) is 11.1. The van der Waals surface area contributed by atoms with Crippen molar-refractivity contribution in [2.45, 2.75) is 65.1 Å². The van der Waals surface area contributed by atoms with Gasteiger partial charge in [0.2, 0.25) is 0 Å². The number of nitrogens with zero attached hydrogens (tertiary/aromatic N) is 1. The minimum Gasteiger partial charge on any atom is -0.314 e. The highest BCUT2D eigenvalue weighted by atomic mass is 15.2. The van der Waals surface area contributed by atoms with E-state index >= 15 is 0 Å². The lowest BCUT2D eigenvalue weighted by atomic mass is 10.1. The Morgan fingerprint density at radius 3 is 2.33 bits per heavy atom. The van der Waals surface area contributed by atoms with Gasteiger partial charge in [0.15, 0.2) is 0 Å². The first-order chi connectivity index (χ1) is 7.06. The highest BCUT2D eigenvalue weighted by Crippen LogP contribution is 2.35. The Bertz CT molecular complexity index is 177. The molecule has 0 spiro atoms. The Kier molecular flexibility index (Phi) is 5.07. The third-order valence-electron chi connectivity index (χ3n) is 3.89. The number of nitrogens with one attached hydrogen (secondary N) is 1. The molecule has 0 aromatic rings. The Labute approximate surface area is 95.4 Å². The van der Waals surface area contributed by atoms with Crippen LogP contribution in [0.4, 0.5) is 0 Å². The molecular formula is C13H28N2. The molecule has 1 saturated carbocycles. The number of hydrogen-bond donors (Lipinski definition) is 1. The summed E-state index contributed by atoms with van der Waals surface area (Å²) in [6, 6.07) is 2.10. The van der Waals surface area contributed by atoms with Gasteiger partial charge in [-0.05, 0) is 59.5 Å². The van der Waals surface area contributed by atoms with Crippen LogP contribution in [0.3, 0.4) is 0 Å². The number of rotatable bonds is 7. The van der Waals surface area contributed by atoms with Gasteiger partial charge in [0.1, 0.15) is 0 Å². The summed E-state index contributed by atoms with van der Waals surface area (Å²) in [5.74, 6) is 0.979. The van der Waals surface area contributed by atoms with Crippen LogP contribution in [0.1, 0.15) is 47.0 Å². The van der Waals surface area contributed by atoms with Crippen LogP contribution in [0.25, 0.3) is 0 Å². The summed E-state index contributed by atoms with van der Waals surface area (Å²) in [4.78, 5) is 2.56. The molecule has 15 heavy (non-hydrogen) atoms. The van der Waals surface area contributed by atoms with Crippen molar-refractivity contribution in [3.05, 3.63) is 0 Å². The largest absolute Gasteiger partial charge is 0.314 e. The van der Waals surface area contributed by atoms with Gasteiger partial charge in [-0.3, -0.25) is 0 Å². The monoisotopic (exact) mass is 212 g/mol. The topological polar surface area (TPSA) is 15.3 Å². The van der Waals surface area contributed by atoms with Gasteiger partial charge >= 0.3 is 0 Å². The van der Waals surface area contributed by atoms with Crippen molar-refractivity contribution in [2.24, 2.45) is 5.92 Å². The van der Waals surface area contributed by atoms with Gasteiger partial charge in [-0.15, -0.1) is 0 Å². The summed E-state index contributed by atoms with van der Waals surface area (Å²) in [6.45, 7) is 10.3. The van der Waals surface area contributed by atoms with E-state index in [4.69, 9.17) is 0 Å². The molecule has 3 atom stereocenters. The van der Waals surface area contributed by atoms with E-state index in [0.717, 1.165) is 18.5 Å². The van der Waals surface area contributed by atoms with Crippen molar-refractivity contribution in [3.63, 3.8) is 0 Å². The van der Waals surface area contributed by atoms with E-state index in [2.05, 4.69) is 45.0 Å². The first kappa shape index (κ1) is 13.0. The maximum Gasteiger partial charge on any atom is 0.00949 e. The molecule has 1 fully saturated rings. The third kappa shape index (κ3) is 4.12.